The molecule has 0 amide bonds. The van der Waals surface area contributed by atoms with E-state index in [4.69, 9.17) is 5.73 Å². The summed E-state index contributed by atoms with van der Waals surface area (Å²) >= 11 is 3.47. The summed E-state index contributed by atoms with van der Waals surface area (Å²) in [5.41, 5.74) is 8.43. The maximum absolute atomic E-state index is 5.64. The number of nitrogens with zero attached hydrogens (tertiary/aromatic N) is 3. The fourth-order valence-corrected chi connectivity index (χ4v) is 2.48. The molecular formula is C14H14BrN5. The number of imidazole rings is 1. The fourth-order valence-electron chi connectivity index (χ4n) is 1.96. The van der Waals surface area contributed by atoms with E-state index >= 15 is 0 Å². The van der Waals surface area contributed by atoms with Gasteiger partial charge in [-0.05, 0) is 33.6 Å². The Balaban J connectivity index is 1.84. The van der Waals surface area contributed by atoms with E-state index in [2.05, 4.69) is 43.5 Å². The van der Waals surface area contributed by atoms with Crippen LogP contribution in [0.2, 0.25) is 0 Å². The van der Waals surface area contributed by atoms with Crippen LogP contribution in [-0.4, -0.2) is 14.6 Å². The zero-order valence-electron chi connectivity index (χ0n) is 10.8. The van der Waals surface area contributed by atoms with Crippen LogP contribution in [0.25, 0.3) is 5.65 Å². The van der Waals surface area contributed by atoms with Crippen molar-refractivity contribution in [3.8, 4) is 0 Å². The molecule has 6 heteroatoms. The average Bonchev–Trinajstić information content (AvgIpc) is 2.82. The lowest BCUT2D eigenvalue weighted by molar-refractivity contribution is 0.897. The van der Waals surface area contributed by atoms with E-state index in [0.717, 1.165) is 28.3 Å². The Kier molecular flexibility index (Phi) is 3.66. The number of anilines is 1. The molecule has 20 heavy (non-hydrogen) atoms. The molecule has 0 fully saturated rings. The van der Waals surface area contributed by atoms with Crippen molar-refractivity contribution in [3.63, 3.8) is 0 Å². The normalized spacial score (nSPS) is 10.9. The summed E-state index contributed by atoms with van der Waals surface area (Å²) in [4.78, 5) is 4.39. The maximum Gasteiger partial charge on any atom is 0.155 e. The van der Waals surface area contributed by atoms with E-state index in [0.29, 0.717) is 6.54 Å². The van der Waals surface area contributed by atoms with Gasteiger partial charge in [0.1, 0.15) is 10.4 Å². The van der Waals surface area contributed by atoms with Crippen molar-refractivity contribution in [2.45, 2.75) is 13.1 Å². The van der Waals surface area contributed by atoms with E-state index < -0.39 is 0 Å². The van der Waals surface area contributed by atoms with Gasteiger partial charge in [-0.1, -0.05) is 30.3 Å². The molecule has 0 saturated heterocycles. The molecule has 0 aliphatic carbocycles. The van der Waals surface area contributed by atoms with Gasteiger partial charge in [-0.15, -0.1) is 5.10 Å². The summed E-state index contributed by atoms with van der Waals surface area (Å²) in [7, 11) is 0. The van der Waals surface area contributed by atoms with Crippen LogP contribution in [0.5, 0.6) is 0 Å². The summed E-state index contributed by atoms with van der Waals surface area (Å²) in [6.07, 6.45) is 0. The second kappa shape index (κ2) is 5.60. The third-order valence-corrected chi connectivity index (χ3v) is 3.79. The second-order valence-corrected chi connectivity index (χ2v) is 5.13. The largest absolute Gasteiger partial charge is 0.365 e. The van der Waals surface area contributed by atoms with Gasteiger partial charge in [0, 0.05) is 13.1 Å². The van der Waals surface area contributed by atoms with Gasteiger partial charge in [0.05, 0.1) is 5.69 Å². The number of aromatic nitrogens is 3. The molecule has 0 atom stereocenters. The van der Waals surface area contributed by atoms with Crippen LogP contribution in [0.15, 0.2) is 47.1 Å². The summed E-state index contributed by atoms with van der Waals surface area (Å²) in [6.45, 7) is 1.12. The Hall–Kier alpha value is -1.92. The highest BCUT2D eigenvalue weighted by molar-refractivity contribution is 9.10. The Morgan fingerprint density at radius 1 is 1.15 bits per heavy atom. The van der Waals surface area contributed by atoms with E-state index in [1.54, 1.807) is 4.52 Å². The predicted octanol–water partition coefficient (Wildman–Crippen LogP) is 2.56. The lowest BCUT2D eigenvalue weighted by Crippen LogP contribution is -2.04. The summed E-state index contributed by atoms with van der Waals surface area (Å²) in [5.74, 6) is 0.794. The Labute approximate surface area is 125 Å². The Bertz CT molecular complexity index is 723. The number of fused-ring (bicyclic) bond motifs is 1. The molecule has 5 nitrogen and oxygen atoms in total. The van der Waals surface area contributed by atoms with Crippen molar-refractivity contribution >= 4 is 27.4 Å². The molecule has 0 unspecified atom stereocenters. The number of nitrogens with two attached hydrogens (primary N) is 1. The number of benzene rings is 1. The topological polar surface area (TPSA) is 68.2 Å². The van der Waals surface area contributed by atoms with Crippen LogP contribution in [-0.2, 0) is 13.1 Å². The van der Waals surface area contributed by atoms with Gasteiger partial charge in [0.25, 0.3) is 0 Å². The number of rotatable bonds is 4. The number of halogens is 1. The second-order valence-electron chi connectivity index (χ2n) is 4.38. The molecule has 0 radical (unpaired) electrons. The molecule has 0 saturated carbocycles. The molecule has 0 spiro atoms. The van der Waals surface area contributed by atoms with Gasteiger partial charge in [-0.25, -0.2) is 9.50 Å². The van der Waals surface area contributed by atoms with Crippen molar-refractivity contribution in [3.05, 3.63) is 58.3 Å². The zero-order chi connectivity index (χ0) is 13.9. The lowest BCUT2D eigenvalue weighted by Gasteiger charge is -2.06. The molecule has 3 rings (SSSR count). The minimum absolute atomic E-state index is 0.386. The van der Waals surface area contributed by atoms with Crippen LogP contribution in [0.3, 0.4) is 0 Å². The van der Waals surface area contributed by atoms with Crippen LogP contribution < -0.4 is 11.1 Å². The molecule has 102 valence electrons. The van der Waals surface area contributed by atoms with Crippen LogP contribution in [0.1, 0.15) is 11.3 Å². The van der Waals surface area contributed by atoms with Crippen LogP contribution >= 0.6 is 15.9 Å². The highest BCUT2D eigenvalue weighted by Crippen LogP contribution is 2.18. The first kappa shape index (κ1) is 13.1. The maximum atomic E-state index is 5.64. The minimum Gasteiger partial charge on any atom is -0.365 e. The third kappa shape index (κ3) is 2.52. The van der Waals surface area contributed by atoms with Crippen LogP contribution in [0.4, 0.5) is 5.82 Å². The molecule has 0 bridgehead atoms. The minimum atomic E-state index is 0.386. The van der Waals surface area contributed by atoms with E-state index in [9.17, 15) is 0 Å². The van der Waals surface area contributed by atoms with E-state index in [1.807, 2.05) is 30.3 Å². The van der Waals surface area contributed by atoms with Gasteiger partial charge < -0.3 is 11.1 Å². The smallest absolute Gasteiger partial charge is 0.155 e. The predicted molar refractivity (Wildman–Crippen MR) is 82.3 cm³/mol. The van der Waals surface area contributed by atoms with Crippen molar-refractivity contribution in [1.29, 1.82) is 0 Å². The van der Waals surface area contributed by atoms with Gasteiger partial charge in [-0.3, -0.25) is 0 Å². The highest BCUT2D eigenvalue weighted by Gasteiger charge is 2.09. The third-order valence-electron chi connectivity index (χ3n) is 3.00. The number of nitrogens with one attached hydrogen (secondary N) is 1. The quantitative estimate of drug-likeness (QED) is 0.770. The Morgan fingerprint density at radius 3 is 2.70 bits per heavy atom. The molecular weight excluding hydrogens is 318 g/mol. The van der Waals surface area contributed by atoms with Gasteiger partial charge >= 0.3 is 0 Å². The number of hydrogen-bond acceptors (Lipinski definition) is 4. The SMILES string of the molecule is NCc1nc2ccc(NCc3ccccc3)nn2c1Br. The van der Waals surface area contributed by atoms with Crippen molar-refractivity contribution in [1.82, 2.24) is 14.6 Å². The molecule has 3 aromatic rings. The first-order chi connectivity index (χ1) is 9.78. The van der Waals surface area contributed by atoms with E-state index in [1.165, 1.54) is 5.56 Å². The first-order valence-electron chi connectivity index (χ1n) is 6.30. The standard InChI is InChI=1S/C14H14BrN5/c15-14-11(8-16)18-13-7-6-12(19-20(13)14)17-9-10-4-2-1-3-5-10/h1-7H,8-9,16H2,(H,17,19). The molecule has 2 heterocycles. The van der Waals surface area contributed by atoms with Crippen molar-refractivity contribution in [2.24, 2.45) is 5.73 Å². The highest BCUT2D eigenvalue weighted by atomic mass is 79.9. The molecule has 0 aliphatic rings. The molecule has 2 aromatic heterocycles. The number of hydrogen-bond donors (Lipinski definition) is 2. The monoisotopic (exact) mass is 331 g/mol. The molecule has 0 aliphatic heterocycles. The lowest BCUT2D eigenvalue weighted by atomic mass is 10.2. The molecule has 1 aromatic carbocycles. The van der Waals surface area contributed by atoms with Gasteiger partial charge in [0.2, 0.25) is 0 Å². The molecule has 3 N–H and O–H groups in total. The average molecular weight is 332 g/mol. The summed E-state index contributed by atoms with van der Waals surface area (Å²) in [6, 6.07) is 14.0. The van der Waals surface area contributed by atoms with Gasteiger partial charge in [0.15, 0.2) is 5.65 Å². The van der Waals surface area contributed by atoms with Gasteiger partial charge in [-0.2, -0.15) is 0 Å². The van der Waals surface area contributed by atoms with Crippen LogP contribution in [0, 0.1) is 0 Å². The van der Waals surface area contributed by atoms with Crippen molar-refractivity contribution in [2.75, 3.05) is 5.32 Å². The fraction of sp³-hybridized carbons (Fsp3) is 0.143. The Morgan fingerprint density at radius 2 is 1.95 bits per heavy atom. The van der Waals surface area contributed by atoms with E-state index in [-0.39, 0.29) is 0 Å². The first-order valence-corrected chi connectivity index (χ1v) is 7.09. The summed E-state index contributed by atoms with van der Waals surface area (Å²) in [5, 5.41) is 7.79. The zero-order valence-corrected chi connectivity index (χ0v) is 12.3. The van der Waals surface area contributed by atoms with Crippen molar-refractivity contribution < 1.29 is 0 Å². The summed E-state index contributed by atoms with van der Waals surface area (Å²) < 4.78 is 2.55.